The smallest absolute Gasteiger partial charge is 0.372 e. The van der Waals surface area contributed by atoms with Crippen molar-refractivity contribution in [3.63, 3.8) is 0 Å². The first kappa shape index (κ1) is 9.19. The van der Waals surface area contributed by atoms with E-state index in [2.05, 4.69) is 0 Å². The van der Waals surface area contributed by atoms with Gasteiger partial charge in [-0.25, -0.2) is 4.79 Å². The molecule has 0 bridgehead atoms. The average molecular weight is 186 g/mol. The lowest BCUT2D eigenvalue weighted by Crippen LogP contribution is -2.38. The normalized spacial score (nSPS) is 9.83. The second-order valence-corrected chi connectivity index (χ2v) is 3.15. The van der Waals surface area contributed by atoms with E-state index < -0.39 is 0 Å². The van der Waals surface area contributed by atoms with E-state index in [1.807, 2.05) is 29.3 Å². The molecule has 0 aliphatic heterocycles. The molecular weight excluding hydrogens is 174 g/mol. The molecule has 0 aliphatic rings. The largest absolute Gasteiger partial charge is 0.461 e. The molecule has 1 rings (SSSR count). The van der Waals surface area contributed by atoms with Gasteiger partial charge in [-0.3, -0.25) is 0 Å². The van der Waals surface area contributed by atoms with Gasteiger partial charge in [-0.05, 0) is 6.92 Å². The molecular formula is C8H12NO2S+. The van der Waals surface area contributed by atoms with Crippen LogP contribution < -0.4 is 4.57 Å². The van der Waals surface area contributed by atoms with E-state index in [4.69, 9.17) is 4.74 Å². The monoisotopic (exact) mass is 186 g/mol. The van der Waals surface area contributed by atoms with Crippen molar-refractivity contribution in [3.8, 4) is 0 Å². The lowest BCUT2D eigenvalue weighted by Gasteiger charge is -1.96. The van der Waals surface area contributed by atoms with Crippen LogP contribution in [0.15, 0.2) is 10.9 Å². The van der Waals surface area contributed by atoms with Crippen molar-refractivity contribution in [2.75, 3.05) is 6.61 Å². The molecule has 0 unspecified atom stereocenters. The Kier molecular flexibility index (Phi) is 3.22. The van der Waals surface area contributed by atoms with Crippen LogP contribution in [0.2, 0.25) is 0 Å². The maximum atomic E-state index is 11.0. The highest BCUT2D eigenvalue weighted by atomic mass is 32.1. The average Bonchev–Trinajstić information content (AvgIpc) is 2.37. The van der Waals surface area contributed by atoms with E-state index in [0.717, 1.165) is 5.69 Å². The minimum Gasteiger partial charge on any atom is -0.461 e. The summed E-state index contributed by atoms with van der Waals surface area (Å²) in [6.45, 7) is 4.55. The molecule has 66 valence electrons. The van der Waals surface area contributed by atoms with E-state index in [1.165, 1.54) is 0 Å². The van der Waals surface area contributed by atoms with Crippen LogP contribution in [0.25, 0.3) is 0 Å². The van der Waals surface area contributed by atoms with Crippen molar-refractivity contribution in [3.05, 3.63) is 16.6 Å². The SMILES string of the molecule is CCOC(=O)C[n+]1cscc1C. The molecule has 1 heterocycles. The van der Waals surface area contributed by atoms with Gasteiger partial charge in [-0.2, -0.15) is 4.57 Å². The fourth-order valence-corrected chi connectivity index (χ4v) is 1.64. The molecule has 0 N–H and O–H groups in total. The van der Waals surface area contributed by atoms with Crippen LogP contribution in [0.5, 0.6) is 0 Å². The number of carbonyl (C=O) groups excluding carboxylic acids is 1. The third-order valence-electron chi connectivity index (χ3n) is 1.48. The van der Waals surface area contributed by atoms with Gasteiger partial charge in [0.05, 0.1) is 12.0 Å². The number of rotatable bonds is 3. The van der Waals surface area contributed by atoms with Gasteiger partial charge >= 0.3 is 5.97 Å². The summed E-state index contributed by atoms with van der Waals surface area (Å²) >= 11 is 1.58. The number of hydrogen-bond acceptors (Lipinski definition) is 3. The van der Waals surface area contributed by atoms with Gasteiger partial charge in [0.15, 0.2) is 5.69 Å². The van der Waals surface area contributed by atoms with E-state index >= 15 is 0 Å². The summed E-state index contributed by atoms with van der Waals surface area (Å²) in [6.07, 6.45) is 0. The number of aryl methyl sites for hydroxylation is 1. The molecule has 0 atom stereocenters. The maximum Gasteiger partial charge on any atom is 0.372 e. The van der Waals surface area contributed by atoms with Crippen LogP contribution in [0.4, 0.5) is 0 Å². The van der Waals surface area contributed by atoms with Crippen LogP contribution in [-0.4, -0.2) is 12.6 Å². The highest BCUT2D eigenvalue weighted by Crippen LogP contribution is 1.96. The summed E-state index contributed by atoms with van der Waals surface area (Å²) in [5, 5.41) is 2.00. The Hall–Kier alpha value is -0.900. The Morgan fingerprint density at radius 1 is 1.75 bits per heavy atom. The zero-order valence-corrected chi connectivity index (χ0v) is 8.06. The standard InChI is InChI=1S/C8H12NO2S/c1-3-11-8(10)4-9-6-12-5-7(9)2/h5-6H,3-4H2,1-2H3/q+1. The Bertz CT molecular complexity index is 270. The third kappa shape index (κ3) is 2.30. The van der Waals surface area contributed by atoms with Crippen LogP contribution in [0.3, 0.4) is 0 Å². The lowest BCUT2D eigenvalue weighted by molar-refractivity contribution is -0.687. The fraction of sp³-hybridized carbons (Fsp3) is 0.500. The first-order chi connectivity index (χ1) is 5.74. The van der Waals surface area contributed by atoms with Gasteiger partial charge in [0.1, 0.15) is 0 Å². The molecule has 0 amide bonds. The zero-order chi connectivity index (χ0) is 8.97. The Labute approximate surface area is 75.6 Å². The predicted molar refractivity (Wildman–Crippen MR) is 45.9 cm³/mol. The fourth-order valence-electron chi connectivity index (χ4n) is 0.861. The molecule has 3 nitrogen and oxygen atoms in total. The summed E-state index contributed by atoms with van der Waals surface area (Å²) in [5.74, 6) is -0.177. The number of thiazole rings is 1. The molecule has 0 aromatic carbocycles. The molecule has 0 saturated heterocycles. The minimum absolute atomic E-state index is 0.177. The van der Waals surface area contributed by atoms with E-state index in [1.54, 1.807) is 11.3 Å². The molecule has 0 spiro atoms. The maximum absolute atomic E-state index is 11.0. The Balaban J connectivity index is 2.52. The zero-order valence-electron chi connectivity index (χ0n) is 7.24. The Morgan fingerprint density at radius 2 is 2.50 bits per heavy atom. The first-order valence-corrected chi connectivity index (χ1v) is 4.76. The second-order valence-electron chi connectivity index (χ2n) is 2.43. The minimum atomic E-state index is -0.177. The van der Waals surface area contributed by atoms with Crippen LogP contribution in [0, 0.1) is 6.92 Å². The number of aromatic nitrogens is 1. The van der Waals surface area contributed by atoms with Crippen molar-refractivity contribution in [1.82, 2.24) is 0 Å². The molecule has 1 aromatic rings. The number of carbonyl (C=O) groups is 1. The van der Waals surface area contributed by atoms with Crippen molar-refractivity contribution in [2.45, 2.75) is 20.4 Å². The molecule has 0 fully saturated rings. The summed E-state index contributed by atoms with van der Waals surface area (Å²) in [7, 11) is 0. The summed E-state index contributed by atoms with van der Waals surface area (Å²) in [5.41, 5.74) is 3.00. The van der Waals surface area contributed by atoms with Gasteiger partial charge in [-0.15, -0.1) is 0 Å². The second kappa shape index (κ2) is 4.21. The van der Waals surface area contributed by atoms with Crippen molar-refractivity contribution in [1.29, 1.82) is 0 Å². The summed E-state index contributed by atoms with van der Waals surface area (Å²) in [6, 6.07) is 0. The van der Waals surface area contributed by atoms with Gasteiger partial charge < -0.3 is 4.74 Å². The Morgan fingerprint density at radius 3 is 3.00 bits per heavy atom. The molecule has 1 aromatic heterocycles. The molecule has 0 saturated carbocycles. The molecule has 0 radical (unpaired) electrons. The highest BCUT2D eigenvalue weighted by Gasteiger charge is 2.13. The summed E-state index contributed by atoms with van der Waals surface area (Å²) in [4.78, 5) is 11.0. The van der Waals surface area contributed by atoms with Gasteiger partial charge in [0.25, 0.3) is 0 Å². The van der Waals surface area contributed by atoms with Crippen molar-refractivity contribution < 1.29 is 14.1 Å². The predicted octanol–water partition coefficient (Wildman–Crippen LogP) is 0.907. The van der Waals surface area contributed by atoms with Gasteiger partial charge in [0, 0.05) is 6.92 Å². The molecule has 4 heteroatoms. The molecule has 0 aliphatic carbocycles. The lowest BCUT2D eigenvalue weighted by atomic mass is 10.5. The topological polar surface area (TPSA) is 30.2 Å². The van der Waals surface area contributed by atoms with E-state index in [0.29, 0.717) is 13.2 Å². The van der Waals surface area contributed by atoms with Crippen LogP contribution in [0.1, 0.15) is 12.6 Å². The highest BCUT2D eigenvalue weighted by molar-refractivity contribution is 7.07. The number of nitrogens with zero attached hydrogens (tertiary/aromatic N) is 1. The summed E-state index contributed by atoms with van der Waals surface area (Å²) < 4.78 is 6.69. The third-order valence-corrected chi connectivity index (χ3v) is 2.34. The first-order valence-electron chi connectivity index (χ1n) is 3.82. The van der Waals surface area contributed by atoms with Gasteiger partial charge in [0.2, 0.25) is 12.1 Å². The van der Waals surface area contributed by atoms with Crippen molar-refractivity contribution in [2.24, 2.45) is 0 Å². The van der Waals surface area contributed by atoms with E-state index in [9.17, 15) is 4.79 Å². The van der Waals surface area contributed by atoms with Gasteiger partial charge in [-0.1, -0.05) is 11.3 Å². The quantitative estimate of drug-likeness (QED) is 0.519. The van der Waals surface area contributed by atoms with Crippen LogP contribution >= 0.6 is 11.3 Å². The number of ether oxygens (including phenoxy) is 1. The van der Waals surface area contributed by atoms with Crippen LogP contribution in [-0.2, 0) is 16.1 Å². The van der Waals surface area contributed by atoms with Crippen molar-refractivity contribution >= 4 is 17.3 Å². The van der Waals surface area contributed by atoms with E-state index in [-0.39, 0.29) is 5.97 Å². The molecule has 12 heavy (non-hydrogen) atoms. The number of hydrogen-bond donors (Lipinski definition) is 0. The number of esters is 1.